The molecule has 0 radical (unpaired) electrons. The van der Waals surface area contributed by atoms with E-state index in [1.54, 1.807) is 0 Å². The largest absolute Gasteiger partial charge is 0.495 e. The van der Waals surface area contributed by atoms with E-state index in [-0.39, 0.29) is 26.8 Å². The summed E-state index contributed by atoms with van der Waals surface area (Å²) < 4.78 is 47.9. The second-order valence-corrected chi connectivity index (χ2v) is 5.62. The smallest absolute Gasteiger partial charge is 0.434 e. The molecule has 0 amide bonds. The number of thiazole rings is 1. The highest BCUT2D eigenvalue weighted by Crippen LogP contribution is 2.33. The number of alkyl halides is 3. The number of hydrogen-bond donors (Lipinski definition) is 0. The zero-order valence-corrected chi connectivity index (χ0v) is 12.9. The van der Waals surface area contributed by atoms with Gasteiger partial charge in [0.05, 0.1) is 7.11 Å². The van der Waals surface area contributed by atoms with Gasteiger partial charge in [0.25, 0.3) is 0 Å². The lowest BCUT2D eigenvalue weighted by Crippen LogP contribution is -2.16. The first-order chi connectivity index (χ1) is 10.8. The second-order valence-electron chi connectivity index (χ2n) is 4.38. The highest BCUT2D eigenvalue weighted by Gasteiger charge is 2.35. The fraction of sp³-hybridized carbons (Fsp3) is 0.154. The van der Waals surface area contributed by atoms with Gasteiger partial charge in [0.15, 0.2) is 10.7 Å². The number of ether oxygens (including phenoxy) is 1. The fourth-order valence-electron chi connectivity index (χ4n) is 1.90. The van der Waals surface area contributed by atoms with Crippen molar-refractivity contribution in [2.45, 2.75) is 6.18 Å². The maximum Gasteiger partial charge on any atom is 0.434 e. The maximum atomic E-state index is 12.6. The highest BCUT2D eigenvalue weighted by molar-refractivity contribution is 7.13. The lowest BCUT2D eigenvalue weighted by molar-refractivity contribution is -0.348. The monoisotopic (exact) mass is 363 g/mol. The Bertz CT molecular complexity index is 952. The number of H-pyrrole nitrogens is 1. The van der Waals surface area contributed by atoms with Gasteiger partial charge in [0.2, 0.25) is 10.5 Å². The molecule has 120 valence electrons. The van der Waals surface area contributed by atoms with Gasteiger partial charge in [0, 0.05) is 5.38 Å². The lowest BCUT2D eigenvalue weighted by Gasteiger charge is -2.02. The minimum Gasteiger partial charge on any atom is -0.495 e. The summed E-state index contributed by atoms with van der Waals surface area (Å²) in [4.78, 5) is 18.1. The Balaban J connectivity index is 2.21. The molecule has 0 unspecified atom stereocenters. The van der Waals surface area contributed by atoms with Crippen LogP contribution in [-0.2, 0) is 6.18 Å². The molecule has 0 aliphatic carbocycles. The van der Waals surface area contributed by atoms with Crippen LogP contribution in [0, 0.1) is 0 Å². The summed E-state index contributed by atoms with van der Waals surface area (Å²) >= 11 is 6.81. The molecule has 0 saturated heterocycles. The first-order valence-corrected chi connectivity index (χ1v) is 7.32. The van der Waals surface area contributed by atoms with Crippen molar-refractivity contribution in [1.82, 2.24) is 4.98 Å². The first-order valence-electron chi connectivity index (χ1n) is 6.07. The maximum absolute atomic E-state index is 12.6. The number of benzene rings is 1. The van der Waals surface area contributed by atoms with Gasteiger partial charge in [-0.2, -0.15) is 18.2 Å². The molecule has 1 aromatic carbocycles. The Kier molecular flexibility index (Phi) is 3.77. The summed E-state index contributed by atoms with van der Waals surface area (Å²) in [6.45, 7) is 0. The molecule has 3 rings (SSSR count). The zero-order valence-electron chi connectivity index (χ0n) is 11.3. The number of fused-ring (bicyclic) bond motifs is 1. The summed E-state index contributed by atoms with van der Waals surface area (Å²) in [5.41, 5.74) is -1.62. The third kappa shape index (κ3) is 2.77. The summed E-state index contributed by atoms with van der Waals surface area (Å²) in [5.74, 6) is 0.0974. The van der Waals surface area contributed by atoms with Gasteiger partial charge < -0.3 is 9.15 Å². The molecule has 0 spiro atoms. The van der Waals surface area contributed by atoms with Crippen LogP contribution in [0.4, 0.5) is 13.2 Å². The van der Waals surface area contributed by atoms with Crippen molar-refractivity contribution in [3.63, 3.8) is 0 Å². The van der Waals surface area contributed by atoms with Crippen LogP contribution in [-0.4, -0.2) is 12.1 Å². The summed E-state index contributed by atoms with van der Waals surface area (Å²) in [6, 6.07) is 2.93. The molecule has 0 aliphatic heterocycles. The average Bonchev–Trinajstić information content (AvgIpc) is 2.98. The van der Waals surface area contributed by atoms with E-state index in [9.17, 15) is 18.0 Å². The van der Waals surface area contributed by atoms with Crippen molar-refractivity contribution < 1.29 is 27.3 Å². The molecule has 0 bridgehead atoms. The fourth-order valence-corrected chi connectivity index (χ4v) is 2.95. The number of rotatable bonds is 2. The van der Waals surface area contributed by atoms with E-state index in [4.69, 9.17) is 20.8 Å². The van der Waals surface area contributed by atoms with Crippen molar-refractivity contribution in [1.29, 1.82) is 0 Å². The summed E-state index contributed by atoms with van der Waals surface area (Å²) in [7, 11) is 1.40. The minimum absolute atomic E-state index is 0.116. The van der Waals surface area contributed by atoms with Gasteiger partial charge in [-0.3, -0.25) is 0 Å². The van der Waals surface area contributed by atoms with Gasteiger partial charge in [0.1, 0.15) is 11.1 Å². The van der Waals surface area contributed by atoms with Gasteiger partial charge in [-0.05, 0) is 12.1 Å². The minimum atomic E-state index is -4.58. The molecule has 2 heterocycles. The van der Waals surface area contributed by atoms with Crippen molar-refractivity contribution in [2.75, 3.05) is 7.11 Å². The molecular weight excluding hydrogens is 357 g/mol. The molecule has 0 atom stereocenters. The first kappa shape index (κ1) is 15.8. The number of methoxy groups -OCH3 is 1. The molecule has 1 N–H and O–H groups in total. The predicted octanol–water partition coefficient (Wildman–Crippen LogP) is 3.41. The van der Waals surface area contributed by atoms with Crippen molar-refractivity contribution >= 4 is 33.8 Å². The van der Waals surface area contributed by atoms with E-state index in [2.05, 4.69) is 9.97 Å². The van der Waals surface area contributed by atoms with E-state index in [1.165, 1.54) is 19.2 Å². The van der Waals surface area contributed by atoms with Gasteiger partial charge >= 0.3 is 17.7 Å². The Morgan fingerprint density at radius 3 is 2.74 bits per heavy atom. The number of nitrogens with one attached hydrogen (secondary N) is 1. The summed E-state index contributed by atoms with van der Waals surface area (Å²) in [5, 5.41) is 0.981. The van der Waals surface area contributed by atoms with E-state index in [0.717, 1.165) is 5.38 Å². The van der Waals surface area contributed by atoms with Gasteiger partial charge in [-0.1, -0.05) is 11.6 Å². The number of aromatic nitrogens is 2. The Morgan fingerprint density at radius 2 is 2.13 bits per heavy atom. The molecule has 10 heteroatoms. The lowest BCUT2D eigenvalue weighted by atomic mass is 10.2. The van der Waals surface area contributed by atoms with E-state index >= 15 is 0 Å². The number of halogens is 4. The quantitative estimate of drug-likeness (QED) is 0.699. The third-order valence-corrected chi connectivity index (χ3v) is 4.18. The van der Waals surface area contributed by atoms with E-state index in [1.807, 2.05) is 0 Å². The van der Waals surface area contributed by atoms with Crippen molar-refractivity contribution in [2.24, 2.45) is 0 Å². The Labute approximate surface area is 135 Å². The second kappa shape index (κ2) is 5.50. The number of aromatic amines is 1. The highest BCUT2D eigenvalue weighted by atomic mass is 35.5. The Hall–Kier alpha value is -2.13. The zero-order chi connectivity index (χ0) is 16.8. The molecule has 2 aromatic heterocycles. The van der Waals surface area contributed by atoms with Crippen LogP contribution in [0.5, 0.6) is 5.75 Å². The number of hydrogen-bond acceptors (Lipinski definition) is 5. The molecule has 3 aromatic rings. The van der Waals surface area contributed by atoms with Crippen LogP contribution in [0.15, 0.2) is 26.7 Å². The number of nitrogens with zero attached hydrogens (tertiary/aromatic N) is 1. The van der Waals surface area contributed by atoms with Crippen LogP contribution >= 0.6 is 22.9 Å². The van der Waals surface area contributed by atoms with Crippen LogP contribution in [0.2, 0.25) is 5.02 Å². The SMILES string of the molecule is COc1ccc2c(=O)oc(-c3nc(C(F)(F)F)cs3)[nH+]c2c1Cl. The molecular formula is C13H7ClF3N2O3S+. The topological polar surface area (TPSA) is 66.5 Å². The average molecular weight is 364 g/mol. The van der Waals surface area contributed by atoms with Crippen molar-refractivity contribution in [3.05, 3.63) is 38.6 Å². The van der Waals surface area contributed by atoms with Crippen LogP contribution in [0.3, 0.4) is 0 Å². The van der Waals surface area contributed by atoms with Gasteiger partial charge in [-0.25, -0.2) is 9.78 Å². The van der Waals surface area contributed by atoms with Gasteiger partial charge in [-0.15, -0.1) is 11.3 Å². The normalized spacial score (nSPS) is 11.9. The van der Waals surface area contributed by atoms with Crippen LogP contribution < -0.4 is 15.3 Å². The third-order valence-electron chi connectivity index (χ3n) is 2.97. The summed E-state index contributed by atoms with van der Waals surface area (Å²) in [6.07, 6.45) is -4.58. The Morgan fingerprint density at radius 1 is 1.39 bits per heavy atom. The predicted molar refractivity (Wildman–Crippen MR) is 76.7 cm³/mol. The van der Waals surface area contributed by atoms with E-state index in [0.29, 0.717) is 17.1 Å². The molecule has 0 aliphatic rings. The standard InChI is InChI=1S/C13H6ClF3N2O3S/c1-21-6-3-2-5-9(8(6)14)19-10(22-12(5)20)11-18-7(4-23-11)13(15,16)17/h2-4H,1H3/p+1. The molecule has 5 nitrogen and oxygen atoms in total. The van der Waals surface area contributed by atoms with Crippen LogP contribution in [0.1, 0.15) is 5.69 Å². The van der Waals surface area contributed by atoms with E-state index < -0.39 is 17.5 Å². The molecule has 0 fully saturated rings. The van der Waals surface area contributed by atoms with Crippen LogP contribution in [0.25, 0.3) is 21.8 Å². The van der Waals surface area contributed by atoms with Crippen molar-refractivity contribution in [3.8, 4) is 16.6 Å². The molecule has 23 heavy (non-hydrogen) atoms. The molecule has 0 saturated carbocycles.